The van der Waals surface area contributed by atoms with E-state index in [1.165, 1.54) is 5.56 Å². The van der Waals surface area contributed by atoms with Crippen molar-refractivity contribution in [3.8, 4) is 5.75 Å². The molecule has 1 aliphatic heterocycles. The van der Waals surface area contributed by atoms with E-state index in [-0.39, 0.29) is 0 Å². The molecule has 0 bridgehead atoms. The third kappa shape index (κ3) is 4.79. The molecule has 106 valence electrons. The SMILES string of the molecule is CCNCc1cc(OCC2CCOCC2)ccc1Br. The van der Waals surface area contributed by atoms with E-state index < -0.39 is 0 Å². The number of hydrogen-bond donors (Lipinski definition) is 1. The maximum Gasteiger partial charge on any atom is 0.119 e. The van der Waals surface area contributed by atoms with Gasteiger partial charge in [-0.2, -0.15) is 0 Å². The molecular weight excluding hydrogens is 306 g/mol. The molecule has 0 aromatic heterocycles. The predicted molar refractivity (Wildman–Crippen MR) is 80.6 cm³/mol. The lowest BCUT2D eigenvalue weighted by molar-refractivity contribution is 0.0497. The zero-order valence-corrected chi connectivity index (χ0v) is 13.0. The van der Waals surface area contributed by atoms with Crippen LogP contribution in [0.5, 0.6) is 5.75 Å². The molecule has 0 atom stereocenters. The lowest BCUT2D eigenvalue weighted by atomic mass is 10.0. The summed E-state index contributed by atoms with van der Waals surface area (Å²) < 4.78 is 12.4. The van der Waals surface area contributed by atoms with E-state index in [4.69, 9.17) is 9.47 Å². The molecule has 1 N–H and O–H groups in total. The second kappa shape index (κ2) is 7.88. The van der Waals surface area contributed by atoms with Gasteiger partial charge in [0.15, 0.2) is 0 Å². The van der Waals surface area contributed by atoms with Gasteiger partial charge in [-0.1, -0.05) is 22.9 Å². The van der Waals surface area contributed by atoms with Crippen molar-refractivity contribution in [2.45, 2.75) is 26.3 Å². The molecule has 3 nitrogen and oxygen atoms in total. The van der Waals surface area contributed by atoms with Gasteiger partial charge in [0.25, 0.3) is 0 Å². The highest BCUT2D eigenvalue weighted by atomic mass is 79.9. The minimum absolute atomic E-state index is 0.634. The second-order valence-corrected chi connectivity index (χ2v) is 5.75. The molecular formula is C15H22BrNO2. The Morgan fingerprint density at radius 3 is 2.89 bits per heavy atom. The molecule has 0 spiro atoms. The number of hydrogen-bond acceptors (Lipinski definition) is 3. The molecule has 1 aromatic rings. The quantitative estimate of drug-likeness (QED) is 0.869. The van der Waals surface area contributed by atoms with Crippen LogP contribution in [0.25, 0.3) is 0 Å². The Kier molecular flexibility index (Phi) is 6.14. The first-order chi connectivity index (χ1) is 9.29. The van der Waals surface area contributed by atoms with Crippen LogP contribution in [0.3, 0.4) is 0 Å². The fourth-order valence-electron chi connectivity index (χ4n) is 2.16. The molecule has 1 fully saturated rings. The molecule has 0 aliphatic carbocycles. The van der Waals surface area contributed by atoms with Crippen molar-refractivity contribution in [1.82, 2.24) is 5.32 Å². The maximum absolute atomic E-state index is 5.92. The molecule has 1 aromatic carbocycles. The Labute approximate surface area is 123 Å². The highest BCUT2D eigenvalue weighted by molar-refractivity contribution is 9.10. The van der Waals surface area contributed by atoms with Crippen molar-refractivity contribution in [1.29, 1.82) is 0 Å². The lowest BCUT2D eigenvalue weighted by Gasteiger charge is -2.22. The van der Waals surface area contributed by atoms with Gasteiger partial charge in [-0.15, -0.1) is 0 Å². The number of halogens is 1. The topological polar surface area (TPSA) is 30.5 Å². The maximum atomic E-state index is 5.92. The van der Waals surface area contributed by atoms with Gasteiger partial charge in [0, 0.05) is 24.2 Å². The van der Waals surface area contributed by atoms with Crippen LogP contribution in [-0.2, 0) is 11.3 Å². The van der Waals surface area contributed by atoms with Crippen LogP contribution in [0.4, 0.5) is 0 Å². The van der Waals surface area contributed by atoms with Crippen LogP contribution >= 0.6 is 15.9 Å². The monoisotopic (exact) mass is 327 g/mol. The third-order valence-electron chi connectivity index (χ3n) is 3.41. The Bertz CT molecular complexity index is 392. The average Bonchev–Trinajstić information content (AvgIpc) is 2.46. The Hall–Kier alpha value is -0.580. The number of nitrogens with one attached hydrogen (secondary N) is 1. The van der Waals surface area contributed by atoms with Crippen LogP contribution in [0.2, 0.25) is 0 Å². The molecule has 0 unspecified atom stereocenters. The molecule has 0 radical (unpaired) electrons. The fraction of sp³-hybridized carbons (Fsp3) is 0.600. The van der Waals surface area contributed by atoms with Gasteiger partial charge < -0.3 is 14.8 Å². The van der Waals surface area contributed by atoms with Crippen molar-refractivity contribution in [2.24, 2.45) is 5.92 Å². The standard InChI is InChI=1S/C15H22BrNO2/c1-2-17-10-13-9-14(3-4-15(13)16)19-11-12-5-7-18-8-6-12/h3-4,9,12,17H,2,5-8,10-11H2,1H3. The first kappa shape index (κ1) is 14.8. The number of rotatable bonds is 6. The first-order valence-corrected chi connectivity index (χ1v) is 7.78. The number of ether oxygens (including phenoxy) is 2. The predicted octanol–water partition coefficient (Wildman–Crippen LogP) is 3.36. The van der Waals surface area contributed by atoms with E-state index >= 15 is 0 Å². The minimum Gasteiger partial charge on any atom is -0.493 e. The summed E-state index contributed by atoms with van der Waals surface area (Å²) in [6.45, 7) is 6.50. The second-order valence-electron chi connectivity index (χ2n) is 4.90. The van der Waals surface area contributed by atoms with Gasteiger partial charge in [-0.25, -0.2) is 0 Å². The third-order valence-corrected chi connectivity index (χ3v) is 4.18. The van der Waals surface area contributed by atoms with Gasteiger partial charge in [0.1, 0.15) is 5.75 Å². The molecule has 0 amide bonds. The van der Waals surface area contributed by atoms with Crippen molar-refractivity contribution in [2.75, 3.05) is 26.4 Å². The summed E-state index contributed by atoms with van der Waals surface area (Å²) in [5.74, 6) is 1.59. The summed E-state index contributed by atoms with van der Waals surface area (Å²) >= 11 is 3.58. The minimum atomic E-state index is 0.634. The highest BCUT2D eigenvalue weighted by Gasteiger charge is 2.14. The molecule has 1 heterocycles. The normalized spacial score (nSPS) is 16.5. The Morgan fingerprint density at radius 2 is 2.16 bits per heavy atom. The Balaban J connectivity index is 1.88. The summed E-state index contributed by atoms with van der Waals surface area (Å²) in [4.78, 5) is 0. The van der Waals surface area contributed by atoms with Gasteiger partial charge in [0.05, 0.1) is 6.61 Å². The van der Waals surface area contributed by atoms with Gasteiger partial charge in [-0.3, -0.25) is 0 Å². The van der Waals surface area contributed by atoms with Gasteiger partial charge in [-0.05, 0) is 49.1 Å². The summed E-state index contributed by atoms with van der Waals surface area (Å²) in [6.07, 6.45) is 2.22. The first-order valence-electron chi connectivity index (χ1n) is 6.99. The lowest BCUT2D eigenvalue weighted by Crippen LogP contribution is -2.21. The van der Waals surface area contributed by atoms with E-state index in [0.29, 0.717) is 5.92 Å². The molecule has 19 heavy (non-hydrogen) atoms. The number of benzene rings is 1. The molecule has 4 heteroatoms. The van der Waals surface area contributed by atoms with Gasteiger partial charge >= 0.3 is 0 Å². The van der Waals surface area contributed by atoms with Crippen LogP contribution in [0.15, 0.2) is 22.7 Å². The van der Waals surface area contributed by atoms with Gasteiger partial charge in [0.2, 0.25) is 0 Å². The molecule has 2 rings (SSSR count). The molecule has 1 aliphatic rings. The summed E-state index contributed by atoms with van der Waals surface area (Å²) in [7, 11) is 0. The van der Waals surface area contributed by atoms with Crippen LogP contribution in [-0.4, -0.2) is 26.4 Å². The molecule has 1 saturated heterocycles. The fourth-order valence-corrected chi connectivity index (χ4v) is 2.55. The van der Waals surface area contributed by atoms with E-state index in [2.05, 4.69) is 40.3 Å². The summed E-state index contributed by atoms with van der Waals surface area (Å²) in [5.41, 5.74) is 1.24. The van der Waals surface area contributed by atoms with E-state index in [1.54, 1.807) is 0 Å². The summed E-state index contributed by atoms with van der Waals surface area (Å²) in [5, 5.41) is 3.34. The van der Waals surface area contributed by atoms with E-state index in [0.717, 1.165) is 56.0 Å². The van der Waals surface area contributed by atoms with Crippen molar-refractivity contribution >= 4 is 15.9 Å². The summed E-state index contributed by atoms with van der Waals surface area (Å²) in [6, 6.07) is 6.21. The Morgan fingerprint density at radius 1 is 1.37 bits per heavy atom. The smallest absolute Gasteiger partial charge is 0.119 e. The van der Waals surface area contributed by atoms with Crippen molar-refractivity contribution < 1.29 is 9.47 Å². The zero-order valence-electron chi connectivity index (χ0n) is 11.5. The van der Waals surface area contributed by atoms with Crippen molar-refractivity contribution in [3.05, 3.63) is 28.2 Å². The van der Waals surface area contributed by atoms with Crippen molar-refractivity contribution in [3.63, 3.8) is 0 Å². The van der Waals surface area contributed by atoms with Crippen LogP contribution in [0, 0.1) is 5.92 Å². The van der Waals surface area contributed by atoms with E-state index in [9.17, 15) is 0 Å². The zero-order chi connectivity index (χ0) is 13.5. The van der Waals surface area contributed by atoms with E-state index in [1.807, 2.05) is 6.07 Å². The average molecular weight is 328 g/mol. The highest BCUT2D eigenvalue weighted by Crippen LogP contribution is 2.24. The molecule has 0 saturated carbocycles. The van der Waals surface area contributed by atoms with Crippen LogP contribution in [0.1, 0.15) is 25.3 Å². The largest absolute Gasteiger partial charge is 0.493 e. The van der Waals surface area contributed by atoms with Crippen LogP contribution < -0.4 is 10.1 Å².